The number of carbonyl (C=O) groups excluding carboxylic acids is 2. The van der Waals surface area contributed by atoms with Gasteiger partial charge >= 0.3 is 0 Å². The molecule has 0 spiro atoms. The summed E-state index contributed by atoms with van der Waals surface area (Å²) in [6.07, 6.45) is 1.29. The summed E-state index contributed by atoms with van der Waals surface area (Å²) in [4.78, 5) is 39.0. The quantitative estimate of drug-likeness (QED) is 0.426. The Hall–Kier alpha value is -4.14. The molecule has 28 heavy (non-hydrogen) atoms. The van der Waals surface area contributed by atoms with Gasteiger partial charge in [-0.1, -0.05) is 12.1 Å². The van der Waals surface area contributed by atoms with Crippen LogP contribution in [0.3, 0.4) is 0 Å². The maximum Gasteiger partial charge on any atom is 0.276 e. The number of amides is 2. The van der Waals surface area contributed by atoms with Gasteiger partial charge in [0.2, 0.25) is 5.95 Å². The van der Waals surface area contributed by atoms with Crippen LogP contribution in [-0.4, -0.2) is 38.9 Å². The Labute approximate surface area is 159 Å². The number of aromatic nitrogens is 4. The molecule has 0 atom stereocenters. The maximum absolute atomic E-state index is 12.6. The second-order valence-electron chi connectivity index (χ2n) is 5.87. The van der Waals surface area contributed by atoms with Gasteiger partial charge in [-0.3, -0.25) is 14.9 Å². The van der Waals surface area contributed by atoms with Crippen molar-refractivity contribution in [2.45, 2.75) is 0 Å². The first kappa shape index (κ1) is 17.3. The van der Waals surface area contributed by atoms with E-state index in [1.54, 1.807) is 31.4 Å². The molecule has 9 nitrogen and oxygen atoms in total. The fraction of sp³-hybridized carbons (Fsp3) is 0.0526. The first-order chi connectivity index (χ1) is 13.6. The van der Waals surface area contributed by atoms with Crippen LogP contribution >= 0.6 is 0 Å². The van der Waals surface area contributed by atoms with Gasteiger partial charge in [-0.15, -0.1) is 0 Å². The first-order valence-electron chi connectivity index (χ1n) is 8.39. The number of rotatable bonds is 5. The SMILES string of the molecule is COc1ccc(NC(=O)c2nc[nH]c2C(=O)Nc2nc3ccccc3[nH]2)cc1. The Balaban J connectivity index is 1.50. The summed E-state index contributed by atoms with van der Waals surface area (Å²) in [6, 6.07) is 14.2. The normalized spacial score (nSPS) is 10.6. The van der Waals surface area contributed by atoms with Crippen LogP contribution < -0.4 is 15.4 Å². The van der Waals surface area contributed by atoms with Crippen LogP contribution in [0.2, 0.25) is 0 Å². The van der Waals surface area contributed by atoms with Crippen LogP contribution in [-0.2, 0) is 0 Å². The minimum Gasteiger partial charge on any atom is -0.497 e. The number of H-pyrrole nitrogens is 2. The van der Waals surface area contributed by atoms with Gasteiger partial charge < -0.3 is 20.0 Å². The van der Waals surface area contributed by atoms with Gasteiger partial charge in [0.1, 0.15) is 11.4 Å². The van der Waals surface area contributed by atoms with E-state index in [4.69, 9.17) is 4.74 Å². The predicted molar refractivity (Wildman–Crippen MR) is 104 cm³/mol. The predicted octanol–water partition coefficient (Wildman–Crippen LogP) is 2.80. The molecule has 0 aliphatic carbocycles. The zero-order valence-electron chi connectivity index (χ0n) is 14.8. The number of fused-ring (bicyclic) bond motifs is 1. The number of anilines is 2. The molecular formula is C19H16N6O3. The number of nitrogens with one attached hydrogen (secondary N) is 4. The highest BCUT2D eigenvalue weighted by Gasteiger charge is 2.21. The monoisotopic (exact) mass is 376 g/mol. The third kappa shape index (κ3) is 3.40. The van der Waals surface area contributed by atoms with Crippen molar-refractivity contribution >= 4 is 34.5 Å². The second-order valence-corrected chi connectivity index (χ2v) is 5.87. The molecule has 140 valence electrons. The highest BCUT2D eigenvalue weighted by Crippen LogP contribution is 2.17. The number of nitrogens with zero attached hydrogens (tertiary/aromatic N) is 2. The number of aromatic amines is 2. The highest BCUT2D eigenvalue weighted by atomic mass is 16.5. The summed E-state index contributed by atoms with van der Waals surface area (Å²) < 4.78 is 5.08. The van der Waals surface area contributed by atoms with Crippen LogP contribution in [0, 0.1) is 0 Å². The lowest BCUT2D eigenvalue weighted by Gasteiger charge is -2.06. The fourth-order valence-corrected chi connectivity index (χ4v) is 2.69. The number of benzene rings is 2. The van der Waals surface area contributed by atoms with Crippen molar-refractivity contribution in [3.63, 3.8) is 0 Å². The summed E-state index contributed by atoms with van der Waals surface area (Å²) in [5.41, 5.74) is 2.08. The maximum atomic E-state index is 12.6. The van der Waals surface area contributed by atoms with E-state index in [0.717, 1.165) is 11.0 Å². The van der Waals surface area contributed by atoms with Crippen molar-refractivity contribution in [1.29, 1.82) is 0 Å². The second kappa shape index (κ2) is 7.23. The molecule has 2 aromatic carbocycles. The average Bonchev–Trinajstić information content (AvgIpc) is 3.35. The molecule has 2 amide bonds. The lowest BCUT2D eigenvalue weighted by Crippen LogP contribution is -2.20. The summed E-state index contributed by atoms with van der Waals surface area (Å²) in [5, 5.41) is 5.33. The summed E-state index contributed by atoms with van der Waals surface area (Å²) in [6.45, 7) is 0. The molecule has 9 heteroatoms. The fourth-order valence-electron chi connectivity index (χ4n) is 2.69. The third-order valence-corrected chi connectivity index (χ3v) is 4.05. The van der Waals surface area contributed by atoms with E-state index in [-0.39, 0.29) is 17.3 Å². The molecule has 4 aromatic rings. The van der Waals surface area contributed by atoms with E-state index in [1.807, 2.05) is 24.3 Å². The van der Waals surface area contributed by atoms with Gasteiger partial charge in [0, 0.05) is 5.69 Å². The molecule has 0 saturated carbocycles. The molecule has 2 aromatic heterocycles. The number of ether oxygens (including phenoxy) is 1. The molecule has 4 rings (SSSR count). The van der Waals surface area contributed by atoms with Crippen LogP contribution in [0.25, 0.3) is 11.0 Å². The molecule has 0 saturated heterocycles. The van der Waals surface area contributed by atoms with Gasteiger partial charge in [-0.05, 0) is 36.4 Å². The van der Waals surface area contributed by atoms with E-state index < -0.39 is 11.8 Å². The lowest BCUT2D eigenvalue weighted by atomic mass is 10.2. The van der Waals surface area contributed by atoms with E-state index in [2.05, 4.69) is 30.6 Å². The standard InChI is InChI=1S/C19H16N6O3/c1-28-12-8-6-11(7-9-12)22-17(26)15-16(21-10-20-15)18(27)25-19-23-13-4-2-3-5-14(13)24-19/h2-10H,1H3,(H,20,21)(H,22,26)(H2,23,24,25,27). The summed E-state index contributed by atoms with van der Waals surface area (Å²) in [5.74, 6) is -0.0939. The van der Waals surface area contributed by atoms with Crippen molar-refractivity contribution in [2.24, 2.45) is 0 Å². The largest absolute Gasteiger partial charge is 0.497 e. The van der Waals surface area contributed by atoms with Crippen LogP contribution in [0.15, 0.2) is 54.9 Å². The van der Waals surface area contributed by atoms with Gasteiger partial charge in [0.25, 0.3) is 11.8 Å². The Morgan fingerprint density at radius 1 is 1.00 bits per heavy atom. The van der Waals surface area contributed by atoms with Gasteiger partial charge in [0.05, 0.1) is 24.5 Å². The molecule has 0 aliphatic rings. The zero-order chi connectivity index (χ0) is 19.5. The Morgan fingerprint density at radius 2 is 1.79 bits per heavy atom. The molecule has 0 radical (unpaired) electrons. The van der Waals surface area contributed by atoms with E-state index in [9.17, 15) is 9.59 Å². The minimum atomic E-state index is -0.531. The Bertz CT molecular complexity index is 1110. The first-order valence-corrected chi connectivity index (χ1v) is 8.39. The molecular weight excluding hydrogens is 360 g/mol. The van der Waals surface area contributed by atoms with E-state index in [0.29, 0.717) is 11.4 Å². The molecule has 0 aliphatic heterocycles. The van der Waals surface area contributed by atoms with Crippen molar-refractivity contribution in [3.05, 3.63) is 66.2 Å². The smallest absolute Gasteiger partial charge is 0.276 e. The third-order valence-electron chi connectivity index (χ3n) is 4.05. The van der Waals surface area contributed by atoms with E-state index in [1.165, 1.54) is 6.33 Å². The summed E-state index contributed by atoms with van der Waals surface area (Å²) in [7, 11) is 1.56. The number of carbonyl (C=O) groups is 2. The van der Waals surface area contributed by atoms with Gasteiger partial charge in [0.15, 0.2) is 5.69 Å². The number of hydrogen-bond donors (Lipinski definition) is 4. The molecule has 2 heterocycles. The van der Waals surface area contributed by atoms with E-state index >= 15 is 0 Å². The zero-order valence-corrected chi connectivity index (χ0v) is 14.8. The number of imidazole rings is 2. The minimum absolute atomic E-state index is 0.0237. The topological polar surface area (TPSA) is 125 Å². The molecule has 4 N–H and O–H groups in total. The average molecular weight is 376 g/mol. The van der Waals surface area contributed by atoms with Crippen molar-refractivity contribution in [1.82, 2.24) is 19.9 Å². The Kier molecular flexibility index (Phi) is 4.47. The van der Waals surface area contributed by atoms with Gasteiger partial charge in [-0.25, -0.2) is 9.97 Å². The van der Waals surface area contributed by atoms with Crippen LogP contribution in [0.1, 0.15) is 21.0 Å². The van der Waals surface area contributed by atoms with Crippen molar-refractivity contribution in [3.8, 4) is 5.75 Å². The molecule has 0 unspecified atom stereocenters. The Morgan fingerprint density at radius 3 is 2.54 bits per heavy atom. The van der Waals surface area contributed by atoms with Crippen LogP contribution in [0.5, 0.6) is 5.75 Å². The number of methoxy groups -OCH3 is 1. The van der Waals surface area contributed by atoms with Crippen LogP contribution in [0.4, 0.5) is 11.6 Å². The summed E-state index contributed by atoms with van der Waals surface area (Å²) >= 11 is 0. The number of hydrogen-bond acceptors (Lipinski definition) is 5. The number of para-hydroxylation sites is 2. The van der Waals surface area contributed by atoms with Crippen molar-refractivity contribution < 1.29 is 14.3 Å². The highest BCUT2D eigenvalue weighted by molar-refractivity contribution is 6.13. The van der Waals surface area contributed by atoms with Crippen molar-refractivity contribution in [2.75, 3.05) is 17.7 Å². The lowest BCUT2D eigenvalue weighted by molar-refractivity contribution is 0.0985. The molecule has 0 fully saturated rings. The molecule has 0 bridgehead atoms. The van der Waals surface area contributed by atoms with Gasteiger partial charge in [-0.2, -0.15) is 0 Å².